The van der Waals surface area contributed by atoms with E-state index in [9.17, 15) is 9.90 Å². The zero-order chi connectivity index (χ0) is 11.0. The first-order chi connectivity index (χ1) is 7.08. The van der Waals surface area contributed by atoms with Crippen LogP contribution in [0.25, 0.3) is 10.8 Å². The fraction of sp³-hybridized carbons (Fsp3) is 0. The van der Waals surface area contributed by atoms with Gasteiger partial charge in [-0.25, -0.2) is 0 Å². The molecule has 0 bridgehead atoms. The van der Waals surface area contributed by atoms with Crippen molar-refractivity contribution in [1.82, 2.24) is 0 Å². The zero-order valence-corrected chi connectivity index (χ0v) is 9.01. The van der Waals surface area contributed by atoms with E-state index in [0.717, 1.165) is 5.39 Å². The summed E-state index contributed by atoms with van der Waals surface area (Å²) >= 11 is 11.7. The minimum Gasteiger partial charge on any atom is -0.504 e. The minimum atomic E-state index is -0.441. The fourth-order valence-electron chi connectivity index (χ4n) is 1.31. The highest BCUT2D eigenvalue weighted by atomic mass is 35.5. The van der Waals surface area contributed by atoms with Gasteiger partial charge in [0.25, 0.3) is 0 Å². The van der Waals surface area contributed by atoms with Gasteiger partial charge < -0.3 is 5.11 Å². The Bertz CT molecular complexity index is 594. The normalized spacial score (nSPS) is 10.5. The smallest absolute Gasteiger partial charge is 0.220 e. The Kier molecular flexibility index (Phi) is 2.55. The molecule has 0 fully saturated rings. The van der Waals surface area contributed by atoms with E-state index in [1.807, 2.05) is 0 Å². The molecular weight excluding hydrogens is 235 g/mol. The van der Waals surface area contributed by atoms with Gasteiger partial charge in [-0.3, -0.25) is 4.79 Å². The average molecular weight is 241 g/mol. The molecule has 0 radical (unpaired) electrons. The summed E-state index contributed by atoms with van der Waals surface area (Å²) < 4.78 is 0. The van der Waals surface area contributed by atoms with Crippen LogP contribution < -0.4 is 5.43 Å². The van der Waals surface area contributed by atoms with E-state index in [4.69, 9.17) is 23.2 Å². The number of fused-ring (bicyclic) bond motifs is 1. The second-order valence-corrected chi connectivity index (χ2v) is 3.94. The van der Waals surface area contributed by atoms with Crippen molar-refractivity contribution in [2.75, 3.05) is 0 Å². The number of hydrogen-bond acceptors (Lipinski definition) is 2. The maximum atomic E-state index is 11.3. The van der Waals surface area contributed by atoms with Gasteiger partial charge >= 0.3 is 0 Å². The Hall–Kier alpha value is -1.25. The van der Waals surface area contributed by atoms with Crippen molar-refractivity contribution in [2.45, 2.75) is 0 Å². The van der Waals surface area contributed by atoms with Gasteiger partial charge in [0.2, 0.25) is 5.43 Å². The number of halogens is 2. The Morgan fingerprint density at radius 3 is 2.20 bits per heavy atom. The molecule has 0 aliphatic carbocycles. The van der Waals surface area contributed by atoms with Crippen molar-refractivity contribution in [3.8, 4) is 5.75 Å². The molecule has 15 heavy (non-hydrogen) atoms. The summed E-state index contributed by atoms with van der Waals surface area (Å²) in [6.45, 7) is 0. The molecule has 2 nitrogen and oxygen atoms in total. The second kappa shape index (κ2) is 3.72. The molecule has 0 heterocycles. The van der Waals surface area contributed by atoms with Crippen molar-refractivity contribution in [3.63, 3.8) is 0 Å². The summed E-state index contributed by atoms with van der Waals surface area (Å²) in [5.74, 6) is -0.293. The van der Waals surface area contributed by atoms with Gasteiger partial charge in [0, 0.05) is 0 Å². The summed E-state index contributed by atoms with van der Waals surface area (Å²) in [5, 5.41) is 11.5. The number of benzene rings is 1. The van der Waals surface area contributed by atoms with Crippen molar-refractivity contribution in [3.05, 3.63) is 50.6 Å². The first kappa shape index (κ1) is 10.3. The maximum Gasteiger partial charge on any atom is 0.220 e. The van der Waals surface area contributed by atoms with E-state index in [1.165, 1.54) is 12.1 Å². The van der Waals surface area contributed by atoms with Crippen LogP contribution in [-0.4, -0.2) is 5.11 Å². The molecule has 0 atom stereocenters. The Morgan fingerprint density at radius 1 is 0.933 bits per heavy atom. The van der Waals surface area contributed by atoms with Crippen molar-refractivity contribution >= 4 is 34.0 Å². The van der Waals surface area contributed by atoms with Gasteiger partial charge in [0.15, 0.2) is 5.75 Å². The zero-order valence-electron chi connectivity index (χ0n) is 7.50. The van der Waals surface area contributed by atoms with E-state index in [2.05, 4.69) is 0 Å². The number of aromatic hydroxyl groups is 1. The highest BCUT2D eigenvalue weighted by Crippen LogP contribution is 2.27. The molecule has 2 aromatic rings. The van der Waals surface area contributed by atoms with Crippen LogP contribution in [0.5, 0.6) is 5.75 Å². The Balaban J connectivity index is 2.95. The molecule has 0 aliphatic rings. The molecule has 0 aliphatic heterocycles. The summed E-state index contributed by atoms with van der Waals surface area (Å²) in [6.07, 6.45) is 0. The Morgan fingerprint density at radius 2 is 1.53 bits per heavy atom. The lowest BCUT2D eigenvalue weighted by atomic mass is 10.2. The molecule has 0 saturated carbocycles. The van der Waals surface area contributed by atoms with Gasteiger partial charge in [-0.2, -0.15) is 0 Å². The van der Waals surface area contributed by atoms with Crippen LogP contribution in [0.15, 0.2) is 35.1 Å². The fourth-order valence-corrected chi connectivity index (χ4v) is 1.66. The summed E-state index contributed by atoms with van der Waals surface area (Å²) in [4.78, 5) is 11.3. The minimum absolute atomic E-state index is 0.293. The third-order valence-electron chi connectivity index (χ3n) is 2.09. The topological polar surface area (TPSA) is 37.3 Å². The first-order valence-electron chi connectivity index (χ1n) is 4.20. The van der Waals surface area contributed by atoms with E-state index in [-0.39, 0.29) is 5.75 Å². The van der Waals surface area contributed by atoms with E-state index < -0.39 is 5.43 Å². The largest absolute Gasteiger partial charge is 0.504 e. The van der Waals surface area contributed by atoms with Gasteiger partial charge in [-0.15, -0.1) is 0 Å². The van der Waals surface area contributed by atoms with E-state index >= 15 is 0 Å². The summed E-state index contributed by atoms with van der Waals surface area (Å²) in [6, 6.07) is 7.54. The van der Waals surface area contributed by atoms with Crippen LogP contribution in [-0.2, 0) is 0 Å². The molecule has 0 unspecified atom stereocenters. The number of rotatable bonds is 0. The van der Waals surface area contributed by atoms with Crippen molar-refractivity contribution in [2.24, 2.45) is 0 Å². The molecule has 4 heteroatoms. The SMILES string of the molecule is O=c1cc2cc(Cl)c(Cl)cc2ccc1O. The van der Waals surface area contributed by atoms with Gasteiger partial charge in [-0.1, -0.05) is 29.3 Å². The first-order valence-corrected chi connectivity index (χ1v) is 4.95. The van der Waals surface area contributed by atoms with Crippen LogP contribution in [0.1, 0.15) is 0 Å². The van der Waals surface area contributed by atoms with Crippen LogP contribution in [0.4, 0.5) is 0 Å². The van der Waals surface area contributed by atoms with Crippen molar-refractivity contribution in [1.29, 1.82) is 0 Å². The van der Waals surface area contributed by atoms with Crippen LogP contribution >= 0.6 is 23.2 Å². The lowest BCUT2D eigenvalue weighted by Gasteiger charge is -1.96. The molecule has 2 aromatic carbocycles. The monoisotopic (exact) mass is 240 g/mol. The second-order valence-electron chi connectivity index (χ2n) is 3.12. The molecule has 0 aromatic heterocycles. The lowest BCUT2D eigenvalue weighted by molar-refractivity contribution is 0.471. The molecule has 76 valence electrons. The molecule has 0 spiro atoms. The highest BCUT2D eigenvalue weighted by molar-refractivity contribution is 6.42. The predicted octanol–water partition coefficient (Wildman–Crippen LogP) is 3.21. The van der Waals surface area contributed by atoms with Crippen LogP contribution in [0.2, 0.25) is 10.0 Å². The van der Waals surface area contributed by atoms with Gasteiger partial charge in [0.1, 0.15) is 0 Å². The summed E-state index contributed by atoms with van der Waals surface area (Å²) in [5.41, 5.74) is -0.441. The highest BCUT2D eigenvalue weighted by Gasteiger charge is 2.01. The van der Waals surface area contributed by atoms with Gasteiger partial charge in [-0.05, 0) is 35.0 Å². The predicted molar refractivity (Wildman–Crippen MR) is 61.9 cm³/mol. The molecule has 0 amide bonds. The van der Waals surface area contributed by atoms with E-state index in [1.54, 1.807) is 18.2 Å². The van der Waals surface area contributed by atoms with Gasteiger partial charge in [0.05, 0.1) is 10.0 Å². The molecule has 2 rings (SSSR count). The third kappa shape index (κ3) is 1.91. The standard InChI is InChI=1S/C11H6Cl2O2/c12-8-3-6-1-2-10(14)11(15)5-7(6)4-9(8)13/h1-5H,(H,14,15). The maximum absolute atomic E-state index is 11.3. The lowest BCUT2D eigenvalue weighted by Crippen LogP contribution is -1.92. The summed E-state index contributed by atoms with van der Waals surface area (Å²) in [7, 11) is 0. The third-order valence-corrected chi connectivity index (χ3v) is 2.81. The van der Waals surface area contributed by atoms with Crippen LogP contribution in [0, 0.1) is 0 Å². The molecule has 0 saturated heterocycles. The Labute approximate surface area is 95.7 Å². The quantitative estimate of drug-likeness (QED) is 0.768. The molecule has 1 N–H and O–H groups in total. The number of hydrogen-bond donors (Lipinski definition) is 1. The molecular formula is C11H6Cl2O2. The van der Waals surface area contributed by atoms with Crippen LogP contribution in [0.3, 0.4) is 0 Å². The average Bonchev–Trinajstić information content (AvgIpc) is 2.31. The van der Waals surface area contributed by atoms with E-state index in [0.29, 0.717) is 15.4 Å². The van der Waals surface area contributed by atoms with Crippen molar-refractivity contribution < 1.29 is 5.11 Å².